The quantitative estimate of drug-likeness (QED) is 0.778. The molecule has 62 valence electrons. The lowest BCUT2D eigenvalue weighted by Crippen LogP contribution is -1.79. The molecule has 0 radical (unpaired) electrons. The number of rotatable bonds is 3. The summed E-state index contributed by atoms with van der Waals surface area (Å²) in [6.07, 6.45) is 2.34. The van der Waals surface area contributed by atoms with Gasteiger partial charge < -0.3 is 0 Å². The van der Waals surface area contributed by atoms with Crippen LogP contribution in [0.3, 0.4) is 0 Å². The molecule has 0 atom stereocenters. The third-order valence-electron chi connectivity index (χ3n) is 1.49. The van der Waals surface area contributed by atoms with Gasteiger partial charge in [0.1, 0.15) is 0 Å². The van der Waals surface area contributed by atoms with Crippen LogP contribution in [0.4, 0.5) is 0 Å². The van der Waals surface area contributed by atoms with E-state index >= 15 is 0 Å². The van der Waals surface area contributed by atoms with Gasteiger partial charge in [0, 0.05) is 14.2 Å². The maximum Gasteiger partial charge on any atom is 0.0314 e. The lowest BCUT2D eigenvalue weighted by Gasteiger charge is -1.90. The number of hydrogen-bond acceptors (Lipinski definition) is 2. The van der Waals surface area contributed by atoms with E-state index in [9.17, 15) is 0 Å². The maximum atomic E-state index is 4.18. The molecular weight excluding hydrogens is 240 g/mol. The largest absolute Gasteiger partial charge is 0.179 e. The van der Waals surface area contributed by atoms with Crippen molar-refractivity contribution >= 4 is 39.9 Å². The topological polar surface area (TPSA) is 0 Å². The van der Waals surface area contributed by atoms with Gasteiger partial charge in [0.2, 0.25) is 0 Å². The van der Waals surface area contributed by atoms with Crippen molar-refractivity contribution in [1.29, 1.82) is 0 Å². The normalized spacial score (nSPS) is 10.5. The first-order valence-corrected chi connectivity index (χ1v) is 5.84. The molecule has 0 fully saturated rings. The maximum absolute atomic E-state index is 4.18. The number of hydrogen-bond donors (Lipinski definition) is 1. The third-order valence-corrected chi connectivity index (χ3v) is 4.00. The van der Waals surface area contributed by atoms with Gasteiger partial charge in [-0.1, -0.05) is 0 Å². The summed E-state index contributed by atoms with van der Waals surface area (Å²) in [4.78, 5) is 2.84. The molecular formula is C8H11BrS2. The summed E-state index contributed by atoms with van der Waals surface area (Å²) in [7, 11) is 0. The Morgan fingerprint density at radius 1 is 1.64 bits per heavy atom. The van der Waals surface area contributed by atoms with E-state index in [-0.39, 0.29) is 0 Å². The second kappa shape index (κ2) is 4.53. The highest BCUT2D eigenvalue weighted by atomic mass is 79.9. The van der Waals surface area contributed by atoms with Gasteiger partial charge in [-0.25, -0.2) is 0 Å². The Bertz CT molecular complexity index is 210. The minimum absolute atomic E-state index is 0.981. The zero-order valence-electron chi connectivity index (χ0n) is 6.43. The van der Waals surface area contributed by atoms with Gasteiger partial charge in [-0.15, -0.1) is 11.3 Å². The van der Waals surface area contributed by atoms with Crippen LogP contribution in [0.1, 0.15) is 16.2 Å². The molecule has 11 heavy (non-hydrogen) atoms. The lowest BCUT2D eigenvalue weighted by atomic mass is 10.3. The monoisotopic (exact) mass is 250 g/mol. The first kappa shape index (κ1) is 9.62. The highest BCUT2D eigenvalue weighted by Crippen LogP contribution is 2.27. The summed E-state index contributed by atoms with van der Waals surface area (Å²) in [5.41, 5.74) is 0. The van der Waals surface area contributed by atoms with E-state index in [1.807, 2.05) is 11.3 Å². The Hall–Kier alpha value is 0.530. The van der Waals surface area contributed by atoms with Crippen LogP contribution in [0.15, 0.2) is 10.5 Å². The highest BCUT2D eigenvalue weighted by Gasteiger charge is 2.01. The van der Waals surface area contributed by atoms with Gasteiger partial charge in [0.05, 0.1) is 0 Å². The van der Waals surface area contributed by atoms with Crippen molar-refractivity contribution in [1.82, 2.24) is 0 Å². The molecule has 0 bridgehead atoms. The van der Waals surface area contributed by atoms with Crippen LogP contribution in [-0.2, 0) is 6.42 Å². The molecule has 0 saturated carbocycles. The van der Waals surface area contributed by atoms with Crippen LogP contribution >= 0.6 is 39.9 Å². The summed E-state index contributed by atoms with van der Waals surface area (Å²) in [5.74, 6) is 0.981. The Balaban J connectivity index is 2.58. The molecule has 1 aromatic rings. The predicted octanol–water partition coefficient (Wildman–Crippen LogP) is 3.68. The minimum atomic E-state index is 0.981. The fourth-order valence-electron chi connectivity index (χ4n) is 0.894. The van der Waals surface area contributed by atoms with Gasteiger partial charge in [-0.2, -0.15) is 12.6 Å². The van der Waals surface area contributed by atoms with Crippen LogP contribution < -0.4 is 0 Å². The molecule has 0 N–H and O–H groups in total. The second-order valence-corrected chi connectivity index (χ2v) is 5.09. The average Bonchev–Trinajstić information content (AvgIpc) is 2.28. The Morgan fingerprint density at radius 3 is 2.82 bits per heavy atom. The molecule has 0 unspecified atom stereocenters. The second-order valence-electron chi connectivity index (χ2n) is 2.44. The molecule has 0 aromatic carbocycles. The number of thiol groups is 1. The van der Waals surface area contributed by atoms with Crippen molar-refractivity contribution < 1.29 is 0 Å². The number of thiophene rings is 1. The van der Waals surface area contributed by atoms with Crippen molar-refractivity contribution in [2.45, 2.75) is 19.8 Å². The molecule has 0 aliphatic rings. The number of aryl methyl sites for hydroxylation is 2. The molecule has 1 heterocycles. The van der Waals surface area contributed by atoms with Crippen LogP contribution in [0.25, 0.3) is 0 Å². The van der Waals surface area contributed by atoms with Crippen LogP contribution in [-0.4, -0.2) is 5.75 Å². The summed E-state index contributed by atoms with van der Waals surface area (Å²) in [6.45, 7) is 2.14. The number of halogens is 1. The van der Waals surface area contributed by atoms with Gasteiger partial charge in [-0.05, 0) is 47.5 Å². The first-order valence-electron chi connectivity index (χ1n) is 3.59. The molecule has 0 nitrogen and oxygen atoms in total. The van der Waals surface area contributed by atoms with E-state index in [0.717, 1.165) is 5.75 Å². The van der Waals surface area contributed by atoms with Crippen LogP contribution in [0.5, 0.6) is 0 Å². The van der Waals surface area contributed by atoms with Crippen molar-refractivity contribution in [2.24, 2.45) is 0 Å². The van der Waals surface area contributed by atoms with Crippen LogP contribution in [0, 0.1) is 6.92 Å². The molecule has 0 aliphatic heterocycles. The van der Waals surface area contributed by atoms with Crippen LogP contribution in [0.2, 0.25) is 0 Å². The molecule has 0 aliphatic carbocycles. The zero-order valence-corrected chi connectivity index (χ0v) is 9.73. The SMILES string of the molecule is Cc1sc(CCCS)cc1Br. The predicted molar refractivity (Wildman–Crippen MR) is 58.9 cm³/mol. The fraction of sp³-hybridized carbons (Fsp3) is 0.500. The lowest BCUT2D eigenvalue weighted by molar-refractivity contribution is 0.955. The third kappa shape index (κ3) is 2.80. The first-order chi connectivity index (χ1) is 5.24. The van der Waals surface area contributed by atoms with E-state index in [1.54, 1.807) is 0 Å². The summed E-state index contributed by atoms with van der Waals surface area (Å²) in [5, 5.41) is 0. The van der Waals surface area contributed by atoms with Crippen molar-refractivity contribution in [3.8, 4) is 0 Å². The highest BCUT2D eigenvalue weighted by molar-refractivity contribution is 9.10. The van der Waals surface area contributed by atoms with E-state index < -0.39 is 0 Å². The average molecular weight is 251 g/mol. The minimum Gasteiger partial charge on any atom is -0.179 e. The zero-order chi connectivity index (χ0) is 8.27. The standard InChI is InChI=1S/C8H11BrS2/c1-6-8(9)5-7(11-6)3-2-4-10/h5,10H,2-4H2,1H3. The smallest absolute Gasteiger partial charge is 0.0314 e. The Labute approximate surface area is 85.6 Å². The molecule has 1 aromatic heterocycles. The fourth-order valence-corrected chi connectivity index (χ4v) is 2.70. The summed E-state index contributed by atoms with van der Waals surface area (Å²) >= 11 is 9.55. The molecule has 3 heteroatoms. The van der Waals surface area contributed by atoms with E-state index in [1.165, 1.54) is 27.1 Å². The summed E-state index contributed by atoms with van der Waals surface area (Å²) in [6, 6.07) is 2.21. The van der Waals surface area contributed by atoms with Gasteiger partial charge >= 0.3 is 0 Å². The van der Waals surface area contributed by atoms with E-state index in [2.05, 4.69) is 41.5 Å². The van der Waals surface area contributed by atoms with Crippen molar-refractivity contribution in [3.63, 3.8) is 0 Å². The van der Waals surface area contributed by atoms with E-state index in [0.29, 0.717) is 0 Å². The molecule has 0 spiro atoms. The molecule has 0 saturated heterocycles. The Kier molecular flexibility index (Phi) is 3.96. The van der Waals surface area contributed by atoms with Gasteiger partial charge in [0.15, 0.2) is 0 Å². The van der Waals surface area contributed by atoms with Gasteiger partial charge in [-0.3, -0.25) is 0 Å². The summed E-state index contributed by atoms with van der Waals surface area (Å²) < 4.78 is 1.25. The Morgan fingerprint density at radius 2 is 2.36 bits per heavy atom. The molecule has 0 amide bonds. The van der Waals surface area contributed by atoms with Gasteiger partial charge in [0.25, 0.3) is 0 Å². The van der Waals surface area contributed by atoms with Crippen molar-refractivity contribution in [3.05, 3.63) is 20.3 Å². The van der Waals surface area contributed by atoms with E-state index in [4.69, 9.17) is 0 Å². The van der Waals surface area contributed by atoms with Crippen molar-refractivity contribution in [2.75, 3.05) is 5.75 Å². The molecule has 1 rings (SSSR count).